The third kappa shape index (κ3) is 8.70. The first-order valence-corrected chi connectivity index (χ1v) is 7.20. The molecule has 19 heavy (non-hydrogen) atoms. The number of nitrogens with zero attached hydrogens (tertiary/aromatic N) is 1. The highest BCUT2D eigenvalue weighted by atomic mass is 32.2. The van der Waals surface area contributed by atoms with Crippen LogP contribution in [0.25, 0.3) is 6.08 Å². The zero-order valence-electron chi connectivity index (χ0n) is 10.3. The molecule has 1 heterocycles. The highest BCUT2D eigenvalue weighted by Crippen LogP contribution is 2.00. The molecule has 5 heteroatoms. The average Bonchev–Trinajstić information content (AvgIpc) is 2.41. The molecular formula is C14H15NO3S. The Hall–Kier alpha value is -1.98. The van der Waals surface area contributed by atoms with Gasteiger partial charge in [0.2, 0.25) is 0 Å². The first-order chi connectivity index (χ1) is 9.08. The predicted octanol–water partition coefficient (Wildman–Crippen LogP) is 2.67. The minimum atomic E-state index is -3.88. The van der Waals surface area contributed by atoms with Crippen molar-refractivity contribution in [3.05, 3.63) is 72.6 Å². The Balaban J connectivity index is 0.000000250. The molecule has 0 fully saturated rings. The lowest BCUT2D eigenvalue weighted by Crippen LogP contribution is -1.99. The Morgan fingerprint density at radius 2 is 1.58 bits per heavy atom. The Morgan fingerprint density at radius 1 is 1.00 bits per heavy atom. The minimum absolute atomic E-state index is 0.345. The zero-order chi connectivity index (χ0) is 14.0. The number of hydrogen-bond donors (Lipinski definition) is 1. The van der Waals surface area contributed by atoms with Crippen LogP contribution in [0.1, 0.15) is 5.56 Å². The van der Waals surface area contributed by atoms with E-state index in [4.69, 9.17) is 4.55 Å². The maximum Gasteiger partial charge on any atom is 0.268 e. The van der Waals surface area contributed by atoms with Gasteiger partial charge in [-0.3, -0.25) is 9.54 Å². The Kier molecular flexibility index (Phi) is 6.49. The van der Waals surface area contributed by atoms with E-state index in [9.17, 15) is 8.42 Å². The topological polar surface area (TPSA) is 67.3 Å². The molecule has 0 saturated heterocycles. The fraction of sp³-hybridized carbons (Fsp3) is 0.0714. The van der Waals surface area contributed by atoms with E-state index in [1.807, 2.05) is 48.5 Å². The summed E-state index contributed by atoms with van der Waals surface area (Å²) in [5.74, 6) is -0.345. The monoisotopic (exact) mass is 277 g/mol. The summed E-state index contributed by atoms with van der Waals surface area (Å²) in [6, 6.07) is 15.0. The molecule has 4 nitrogen and oxygen atoms in total. The molecular weight excluding hydrogens is 262 g/mol. The van der Waals surface area contributed by atoms with E-state index in [2.05, 4.69) is 4.98 Å². The van der Waals surface area contributed by atoms with Gasteiger partial charge >= 0.3 is 0 Å². The summed E-state index contributed by atoms with van der Waals surface area (Å²) >= 11 is 0. The van der Waals surface area contributed by atoms with Gasteiger partial charge in [-0.15, -0.1) is 0 Å². The lowest BCUT2D eigenvalue weighted by Gasteiger charge is -1.90. The van der Waals surface area contributed by atoms with Crippen molar-refractivity contribution in [3.63, 3.8) is 0 Å². The molecule has 0 amide bonds. The average molecular weight is 277 g/mol. The van der Waals surface area contributed by atoms with Gasteiger partial charge < -0.3 is 0 Å². The third-order valence-corrected chi connectivity index (χ3v) is 2.60. The lowest BCUT2D eigenvalue weighted by atomic mass is 10.2. The second kappa shape index (κ2) is 8.18. The summed E-state index contributed by atoms with van der Waals surface area (Å²) in [6.07, 6.45) is 6.55. The molecule has 0 saturated carbocycles. The number of rotatable bonds is 3. The Labute approximate surface area is 113 Å². The maximum atomic E-state index is 10.3. The number of hydrogen-bond acceptors (Lipinski definition) is 3. The molecule has 2 rings (SSSR count). The molecule has 0 atom stereocenters. The zero-order valence-corrected chi connectivity index (χ0v) is 11.1. The molecule has 1 aromatic carbocycles. The van der Waals surface area contributed by atoms with Gasteiger partial charge in [-0.1, -0.05) is 48.6 Å². The van der Waals surface area contributed by atoms with Gasteiger partial charge in [-0.25, -0.2) is 0 Å². The smallest absolute Gasteiger partial charge is 0.268 e. The summed E-state index contributed by atoms with van der Waals surface area (Å²) in [5, 5.41) is 0. The van der Waals surface area contributed by atoms with Crippen molar-refractivity contribution in [2.45, 2.75) is 0 Å². The molecule has 100 valence electrons. The number of benzene rings is 1. The summed E-state index contributed by atoms with van der Waals surface area (Å²) in [6.45, 7) is 0. The van der Waals surface area contributed by atoms with Gasteiger partial charge in [0, 0.05) is 12.4 Å². The molecule has 0 unspecified atom stereocenters. The van der Waals surface area contributed by atoms with Crippen molar-refractivity contribution in [1.82, 2.24) is 4.98 Å². The van der Waals surface area contributed by atoms with Gasteiger partial charge in [0.1, 0.15) is 0 Å². The summed E-state index contributed by atoms with van der Waals surface area (Å²) < 4.78 is 29.1. The molecule has 0 aliphatic heterocycles. The highest BCUT2D eigenvalue weighted by molar-refractivity contribution is 7.85. The van der Waals surface area contributed by atoms with Gasteiger partial charge in [-0.2, -0.15) is 8.42 Å². The third-order valence-electron chi connectivity index (χ3n) is 1.98. The molecule has 0 bridgehead atoms. The summed E-state index contributed by atoms with van der Waals surface area (Å²) in [5.41, 5.74) is 0.908. The summed E-state index contributed by atoms with van der Waals surface area (Å²) in [7, 11) is -3.88. The van der Waals surface area contributed by atoms with Crippen LogP contribution in [0.4, 0.5) is 0 Å². The van der Waals surface area contributed by atoms with Crippen molar-refractivity contribution in [1.29, 1.82) is 0 Å². The molecule has 0 spiro atoms. The van der Waals surface area contributed by atoms with Crippen molar-refractivity contribution >= 4 is 16.2 Å². The van der Waals surface area contributed by atoms with E-state index in [1.165, 1.54) is 6.08 Å². The number of pyridine rings is 1. The number of aromatic nitrogens is 1. The van der Waals surface area contributed by atoms with E-state index in [1.54, 1.807) is 18.5 Å². The molecule has 2 aromatic rings. The van der Waals surface area contributed by atoms with Crippen molar-refractivity contribution < 1.29 is 13.0 Å². The van der Waals surface area contributed by atoms with Crippen molar-refractivity contribution in [2.75, 3.05) is 5.75 Å². The quantitative estimate of drug-likeness (QED) is 0.876. The Morgan fingerprint density at radius 3 is 2.00 bits per heavy atom. The van der Waals surface area contributed by atoms with Crippen LogP contribution in [-0.4, -0.2) is 23.7 Å². The van der Waals surface area contributed by atoms with Gasteiger partial charge in [0.05, 0.1) is 5.75 Å². The van der Waals surface area contributed by atoms with Crippen molar-refractivity contribution in [2.24, 2.45) is 0 Å². The van der Waals surface area contributed by atoms with Crippen LogP contribution in [0.5, 0.6) is 0 Å². The first-order valence-electron chi connectivity index (χ1n) is 5.60. The normalized spacial score (nSPS) is 10.8. The molecule has 0 aliphatic rings. The van der Waals surface area contributed by atoms with Crippen LogP contribution in [0.3, 0.4) is 0 Å². The van der Waals surface area contributed by atoms with E-state index in [-0.39, 0.29) is 5.75 Å². The van der Waals surface area contributed by atoms with Crippen LogP contribution < -0.4 is 0 Å². The van der Waals surface area contributed by atoms with Crippen LogP contribution in [0.15, 0.2) is 67.0 Å². The van der Waals surface area contributed by atoms with E-state index in [0.29, 0.717) is 0 Å². The van der Waals surface area contributed by atoms with Crippen LogP contribution in [0.2, 0.25) is 0 Å². The second-order valence-corrected chi connectivity index (χ2v) is 5.08. The fourth-order valence-corrected chi connectivity index (χ4v) is 1.52. The van der Waals surface area contributed by atoms with Gasteiger partial charge in [-0.05, 0) is 17.7 Å². The lowest BCUT2D eigenvalue weighted by molar-refractivity contribution is 0.487. The standard InChI is InChI=1S/C9H10O3S.C5H5N/c10-13(11,12)8-4-7-9-5-2-1-3-6-9;1-2-4-6-5-3-1/h1-7H,8H2,(H,10,11,12);1-5H/b7-4+;. The minimum Gasteiger partial charge on any atom is -0.285 e. The van der Waals surface area contributed by atoms with Gasteiger partial charge in [0.15, 0.2) is 0 Å². The van der Waals surface area contributed by atoms with Gasteiger partial charge in [0.25, 0.3) is 10.1 Å². The second-order valence-electron chi connectivity index (χ2n) is 3.59. The van der Waals surface area contributed by atoms with Crippen LogP contribution in [0, 0.1) is 0 Å². The van der Waals surface area contributed by atoms with Crippen molar-refractivity contribution in [3.8, 4) is 0 Å². The largest absolute Gasteiger partial charge is 0.285 e. The van der Waals surface area contributed by atoms with E-state index < -0.39 is 10.1 Å². The maximum absolute atomic E-state index is 10.3. The summed E-state index contributed by atoms with van der Waals surface area (Å²) in [4.78, 5) is 3.78. The van der Waals surface area contributed by atoms with E-state index >= 15 is 0 Å². The first kappa shape index (κ1) is 15.1. The SMILES string of the molecule is O=S(=O)(O)C/C=C/c1ccccc1.c1ccncc1. The highest BCUT2D eigenvalue weighted by Gasteiger charge is 1.98. The fourth-order valence-electron chi connectivity index (χ4n) is 1.18. The van der Waals surface area contributed by atoms with E-state index in [0.717, 1.165) is 5.56 Å². The van der Waals surface area contributed by atoms with Crippen LogP contribution >= 0.6 is 0 Å². The van der Waals surface area contributed by atoms with Crippen LogP contribution in [-0.2, 0) is 10.1 Å². The molecule has 0 aliphatic carbocycles. The molecule has 0 radical (unpaired) electrons. The Bertz CT molecular complexity index is 554. The predicted molar refractivity (Wildman–Crippen MR) is 76.1 cm³/mol. The molecule has 1 aromatic heterocycles. The molecule has 1 N–H and O–H groups in total.